The van der Waals surface area contributed by atoms with E-state index in [-0.39, 0.29) is 18.1 Å². The molecule has 27 heavy (non-hydrogen) atoms. The minimum absolute atomic E-state index is 0.0566. The Bertz CT molecular complexity index is 982. The molecule has 3 aromatic rings. The average Bonchev–Trinajstić information content (AvgIpc) is 2.68. The first-order chi connectivity index (χ1) is 13.0. The molecule has 0 spiro atoms. The van der Waals surface area contributed by atoms with Crippen molar-refractivity contribution >= 4 is 22.5 Å². The van der Waals surface area contributed by atoms with Crippen molar-refractivity contribution in [2.75, 3.05) is 13.7 Å². The van der Waals surface area contributed by atoms with Gasteiger partial charge < -0.3 is 9.47 Å². The topological polar surface area (TPSA) is 65.5 Å². The van der Waals surface area contributed by atoms with Gasteiger partial charge in [-0.1, -0.05) is 36.4 Å². The van der Waals surface area contributed by atoms with Crippen LogP contribution in [0.2, 0.25) is 0 Å². The zero-order valence-corrected chi connectivity index (χ0v) is 15.6. The van der Waals surface area contributed by atoms with Crippen LogP contribution in [0.25, 0.3) is 10.8 Å². The highest BCUT2D eigenvalue weighted by molar-refractivity contribution is 5.98. The van der Waals surface area contributed by atoms with Gasteiger partial charge in [-0.3, -0.25) is 4.79 Å². The molecule has 3 rings (SSSR count). The number of nitrogens with zero attached hydrogens (tertiary/aromatic N) is 1. The molecule has 0 N–H and O–H groups in total. The van der Waals surface area contributed by atoms with Gasteiger partial charge in [0.15, 0.2) is 0 Å². The van der Waals surface area contributed by atoms with Crippen LogP contribution in [0.5, 0.6) is 5.75 Å². The summed E-state index contributed by atoms with van der Waals surface area (Å²) in [6.45, 7) is 3.53. The molecule has 1 heterocycles. The van der Waals surface area contributed by atoms with Crippen LogP contribution < -0.4 is 4.74 Å². The van der Waals surface area contributed by atoms with Crippen molar-refractivity contribution in [3.05, 3.63) is 71.5 Å². The number of hydrogen-bond donors (Lipinski definition) is 0. The first-order valence-corrected chi connectivity index (χ1v) is 8.76. The van der Waals surface area contributed by atoms with Crippen LogP contribution in [0.15, 0.2) is 54.6 Å². The standard InChI is InChI=1S/C22H21NO4/c1-4-27-22(25)19-12-16-10-11-17(26-3)13-18(16)21(23-19)20(14(2)24)15-8-6-5-7-9-15/h5-13,20H,4H2,1-3H3. The Hall–Kier alpha value is -3.21. The summed E-state index contributed by atoms with van der Waals surface area (Å²) in [6, 6.07) is 16.6. The zero-order valence-electron chi connectivity index (χ0n) is 15.6. The third-order valence-electron chi connectivity index (χ3n) is 4.37. The van der Waals surface area contributed by atoms with Crippen LogP contribution in [0.3, 0.4) is 0 Å². The van der Waals surface area contributed by atoms with E-state index in [4.69, 9.17) is 9.47 Å². The van der Waals surface area contributed by atoms with Gasteiger partial charge in [0.1, 0.15) is 17.2 Å². The Labute approximate surface area is 157 Å². The number of fused-ring (bicyclic) bond motifs is 1. The van der Waals surface area contributed by atoms with Crippen molar-refractivity contribution in [1.82, 2.24) is 4.98 Å². The van der Waals surface area contributed by atoms with Crippen molar-refractivity contribution in [1.29, 1.82) is 0 Å². The molecule has 0 aliphatic heterocycles. The van der Waals surface area contributed by atoms with Gasteiger partial charge in [-0.05, 0) is 43.0 Å². The number of aromatic nitrogens is 1. The highest BCUT2D eigenvalue weighted by atomic mass is 16.5. The van der Waals surface area contributed by atoms with Crippen molar-refractivity contribution in [2.24, 2.45) is 0 Å². The Morgan fingerprint density at radius 3 is 2.44 bits per heavy atom. The molecule has 0 bridgehead atoms. The third-order valence-corrected chi connectivity index (χ3v) is 4.37. The molecule has 1 aromatic heterocycles. The molecule has 1 unspecified atom stereocenters. The molecule has 0 aliphatic carbocycles. The molecule has 5 nitrogen and oxygen atoms in total. The number of methoxy groups -OCH3 is 1. The SMILES string of the molecule is CCOC(=O)c1cc2ccc(OC)cc2c(C(C(C)=O)c2ccccc2)n1. The normalized spacial score (nSPS) is 11.8. The lowest BCUT2D eigenvalue weighted by molar-refractivity contribution is -0.117. The highest BCUT2D eigenvalue weighted by Crippen LogP contribution is 2.33. The number of hydrogen-bond acceptors (Lipinski definition) is 5. The monoisotopic (exact) mass is 363 g/mol. The van der Waals surface area contributed by atoms with Gasteiger partial charge in [0.2, 0.25) is 0 Å². The maximum atomic E-state index is 12.6. The van der Waals surface area contributed by atoms with Gasteiger partial charge in [-0.25, -0.2) is 9.78 Å². The molecular formula is C22H21NO4. The summed E-state index contributed by atoms with van der Waals surface area (Å²) in [4.78, 5) is 29.4. The molecule has 0 saturated heterocycles. The van der Waals surface area contributed by atoms with Gasteiger partial charge in [0.05, 0.1) is 25.3 Å². The summed E-state index contributed by atoms with van der Waals surface area (Å²) in [5.41, 5.74) is 1.53. The lowest BCUT2D eigenvalue weighted by Gasteiger charge is -2.18. The summed E-state index contributed by atoms with van der Waals surface area (Å²) < 4.78 is 10.4. The minimum atomic E-state index is -0.588. The van der Waals surface area contributed by atoms with Gasteiger partial charge in [0, 0.05) is 5.39 Å². The molecule has 0 fully saturated rings. The largest absolute Gasteiger partial charge is 0.497 e. The van der Waals surface area contributed by atoms with Crippen LogP contribution in [0.4, 0.5) is 0 Å². The van der Waals surface area contributed by atoms with Crippen LogP contribution in [0, 0.1) is 0 Å². The Morgan fingerprint density at radius 2 is 1.81 bits per heavy atom. The van der Waals surface area contributed by atoms with E-state index in [1.165, 1.54) is 6.92 Å². The smallest absolute Gasteiger partial charge is 0.356 e. The number of pyridine rings is 1. The Morgan fingerprint density at radius 1 is 1.07 bits per heavy atom. The second kappa shape index (κ2) is 7.99. The van der Waals surface area contributed by atoms with Crippen LogP contribution in [0.1, 0.15) is 41.5 Å². The quantitative estimate of drug-likeness (QED) is 0.616. The number of benzene rings is 2. The number of rotatable bonds is 6. The lowest BCUT2D eigenvalue weighted by atomic mass is 9.88. The molecule has 138 valence electrons. The van der Waals surface area contributed by atoms with Gasteiger partial charge >= 0.3 is 5.97 Å². The zero-order chi connectivity index (χ0) is 19.4. The second-order valence-corrected chi connectivity index (χ2v) is 6.15. The summed E-state index contributed by atoms with van der Waals surface area (Å²) in [5, 5.41) is 1.57. The van der Waals surface area contributed by atoms with E-state index >= 15 is 0 Å². The summed E-state index contributed by atoms with van der Waals surface area (Å²) in [5.74, 6) is -0.495. The molecule has 1 atom stereocenters. The van der Waals surface area contributed by atoms with E-state index in [9.17, 15) is 9.59 Å². The van der Waals surface area contributed by atoms with Gasteiger partial charge in [-0.2, -0.15) is 0 Å². The first-order valence-electron chi connectivity index (χ1n) is 8.76. The number of esters is 1. The number of carbonyl (C=O) groups is 2. The molecular weight excluding hydrogens is 342 g/mol. The summed E-state index contributed by atoms with van der Waals surface area (Å²) >= 11 is 0. The number of Topliss-reactive ketones (excluding diaryl/α,β-unsaturated/α-hetero) is 1. The highest BCUT2D eigenvalue weighted by Gasteiger charge is 2.25. The Balaban J connectivity index is 2.29. The fourth-order valence-corrected chi connectivity index (χ4v) is 3.14. The molecule has 0 amide bonds. The number of ketones is 1. The number of ether oxygens (including phenoxy) is 2. The van der Waals surface area contributed by atoms with Crippen molar-refractivity contribution in [3.63, 3.8) is 0 Å². The fourth-order valence-electron chi connectivity index (χ4n) is 3.14. The van der Waals surface area contributed by atoms with Crippen molar-refractivity contribution < 1.29 is 19.1 Å². The first kappa shape index (κ1) is 18.6. The Kier molecular flexibility index (Phi) is 5.50. The predicted octanol–water partition coefficient (Wildman–Crippen LogP) is 4.14. The van der Waals surface area contributed by atoms with Crippen molar-refractivity contribution in [2.45, 2.75) is 19.8 Å². The van der Waals surface area contributed by atoms with Crippen LogP contribution in [-0.2, 0) is 9.53 Å². The van der Waals surface area contributed by atoms with E-state index in [1.807, 2.05) is 48.5 Å². The van der Waals surface area contributed by atoms with E-state index < -0.39 is 11.9 Å². The third kappa shape index (κ3) is 3.82. The van der Waals surface area contributed by atoms with E-state index in [1.54, 1.807) is 20.1 Å². The maximum Gasteiger partial charge on any atom is 0.356 e. The molecule has 0 radical (unpaired) electrons. The average molecular weight is 363 g/mol. The van der Waals surface area contributed by atoms with Crippen LogP contribution in [-0.4, -0.2) is 30.5 Å². The second-order valence-electron chi connectivity index (χ2n) is 6.15. The molecule has 0 aliphatic rings. The number of carbonyl (C=O) groups excluding carboxylic acids is 2. The van der Waals surface area contributed by atoms with E-state index in [0.29, 0.717) is 11.4 Å². The predicted molar refractivity (Wildman–Crippen MR) is 103 cm³/mol. The lowest BCUT2D eigenvalue weighted by Crippen LogP contribution is -2.16. The molecule has 5 heteroatoms. The molecule has 2 aromatic carbocycles. The van der Waals surface area contributed by atoms with Gasteiger partial charge in [0.25, 0.3) is 0 Å². The van der Waals surface area contributed by atoms with E-state index in [2.05, 4.69) is 4.98 Å². The van der Waals surface area contributed by atoms with Crippen LogP contribution >= 0.6 is 0 Å². The maximum absolute atomic E-state index is 12.6. The summed E-state index contributed by atoms with van der Waals surface area (Å²) in [6.07, 6.45) is 0. The van der Waals surface area contributed by atoms with Crippen molar-refractivity contribution in [3.8, 4) is 5.75 Å². The van der Waals surface area contributed by atoms with Gasteiger partial charge in [-0.15, -0.1) is 0 Å². The summed E-state index contributed by atoms with van der Waals surface area (Å²) in [7, 11) is 1.58. The van der Waals surface area contributed by atoms with E-state index in [0.717, 1.165) is 16.3 Å². The fraction of sp³-hybridized carbons (Fsp3) is 0.227. The minimum Gasteiger partial charge on any atom is -0.497 e. The molecule has 0 saturated carbocycles.